The van der Waals surface area contributed by atoms with Crippen molar-refractivity contribution >= 4 is 35.0 Å². The Balaban J connectivity index is 2.03. The fourth-order valence-corrected chi connectivity index (χ4v) is 1.75. The summed E-state index contributed by atoms with van der Waals surface area (Å²) in [6, 6.07) is 10.3. The first kappa shape index (κ1) is 13.1. The smallest absolute Gasteiger partial charge is 0.248 e. The summed E-state index contributed by atoms with van der Waals surface area (Å²) in [6.07, 6.45) is 4.69. The van der Waals surface area contributed by atoms with E-state index in [0.717, 1.165) is 0 Å². The van der Waals surface area contributed by atoms with Gasteiger partial charge in [0, 0.05) is 28.7 Å². The maximum atomic E-state index is 11.7. The van der Waals surface area contributed by atoms with Crippen molar-refractivity contribution < 1.29 is 4.79 Å². The lowest BCUT2D eigenvalue weighted by molar-refractivity contribution is -0.111. The van der Waals surface area contributed by atoms with Gasteiger partial charge < -0.3 is 11.1 Å². The number of benzene rings is 1. The molecule has 19 heavy (non-hydrogen) atoms. The minimum atomic E-state index is -0.271. The van der Waals surface area contributed by atoms with Gasteiger partial charge in [0.05, 0.1) is 5.69 Å². The van der Waals surface area contributed by atoms with Crippen molar-refractivity contribution in [3.8, 4) is 0 Å². The Morgan fingerprint density at radius 2 is 2.16 bits per heavy atom. The van der Waals surface area contributed by atoms with Crippen LogP contribution in [0.1, 0.15) is 5.69 Å². The second-order valence-electron chi connectivity index (χ2n) is 3.85. The van der Waals surface area contributed by atoms with Gasteiger partial charge in [0.2, 0.25) is 5.91 Å². The summed E-state index contributed by atoms with van der Waals surface area (Å²) in [6.45, 7) is 0. The number of hydrogen-bond acceptors (Lipinski definition) is 3. The Hall–Kier alpha value is -2.33. The van der Waals surface area contributed by atoms with Gasteiger partial charge in [-0.15, -0.1) is 0 Å². The molecule has 0 saturated heterocycles. The van der Waals surface area contributed by atoms with Crippen molar-refractivity contribution in [2.24, 2.45) is 0 Å². The van der Waals surface area contributed by atoms with Crippen LogP contribution < -0.4 is 11.1 Å². The van der Waals surface area contributed by atoms with Crippen LogP contribution in [-0.4, -0.2) is 10.9 Å². The summed E-state index contributed by atoms with van der Waals surface area (Å²) in [5.41, 5.74) is 7.40. The van der Waals surface area contributed by atoms with Gasteiger partial charge >= 0.3 is 0 Å². The molecule has 1 heterocycles. The minimum Gasteiger partial charge on any atom is -0.399 e. The first-order valence-corrected chi connectivity index (χ1v) is 5.97. The number of nitrogen functional groups attached to an aromatic ring is 1. The molecule has 0 unspecified atom stereocenters. The summed E-state index contributed by atoms with van der Waals surface area (Å²) in [7, 11) is 0. The van der Waals surface area contributed by atoms with Crippen molar-refractivity contribution in [2.45, 2.75) is 0 Å². The monoisotopic (exact) mass is 273 g/mol. The molecule has 0 fully saturated rings. The van der Waals surface area contributed by atoms with E-state index in [1.54, 1.807) is 36.5 Å². The molecule has 1 amide bonds. The molecule has 5 heteroatoms. The predicted octanol–water partition coefficient (Wildman–Crippen LogP) is 2.97. The molecule has 0 aliphatic carbocycles. The topological polar surface area (TPSA) is 68.0 Å². The van der Waals surface area contributed by atoms with E-state index in [1.807, 2.05) is 12.1 Å². The van der Waals surface area contributed by atoms with Crippen molar-refractivity contribution in [3.63, 3.8) is 0 Å². The molecule has 0 bridgehead atoms. The van der Waals surface area contributed by atoms with Crippen LogP contribution in [0.25, 0.3) is 6.08 Å². The third-order valence-electron chi connectivity index (χ3n) is 2.28. The Morgan fingerprint density at radius 1 is 1.32 bits per heavy atom. The number of anilines is 2. The lowest BCUT2D eigenvalue weighted by atomic mass is 10.2. The molecule has 0 atom stereocenters. The maximum Gasteiger partial charge on any atom is 0.248 e. The van der Waals surface area contributed by atoms with E-state index >= 15 is 0 Å². The van der Waals surface area contributed by atoms with Gasteiger partial charge in [-0.05, 0) is 36.4 Å². The van der Waals surface area contributed by atoms with Gasteiger partial charge in [0.1, 0.15) is 0 Å². The first-order valence-electron chi connectivity index (χ1n) is 5.59. The van der Waals surface area contributed by atoms with Crippen LogP contribution in [0.4, 0.5) is 11.4 Å². The van der Waals surface area contributed by atoms with Gasteiger partial charge in [-0.3, -0.25) is 9.78 Å². The van der Waals surface area contributed by atoms with E-state index in [-0.39, 0.29) is 5.91 Å². The largest absolute Gasteiger partial charge is 0.399 e. The first-order chi connectivity index (χ1) is 9.13. The molecule has 96 valence electrons. The third kappa shape index (κ3) is 4.12. The molecule has 3 N–H and O–H groups in total. The Kier molecular flexibility index (Phi) is 4.15. The highest BCUT2D eigenvalue weighted by Crippen LogP contribution is 2.20. The number of carbonyl (C=O) groups excluding carboxylic acids is 1. The molecular formula is C14H12ClN3O. The van der Waals surface area contributed by atoms with E-state index in [0.29, 0.717) is 22.1 Å². The minimum absolute atomic E-state index is 0.271. The van der Waals surface area contributed by atoms with Crippen LogP contribution >= 0.6 is 11.6 Å². The average Bonchev–Trinajstić information content (AvgIpc) is 2.36. The number of pyridine rings is 1. The molecule has 0 radical (unpaired) electrons. The summed E-state index contributed by atoms with van der Waals surface area (Å²) in [5.74, 6) is -0.271. The standard InChI is InChI=1S/C14H12ClN3O/c15-10-7-11(16)9-13(8-10)18-14(19)5-4-12-3-1-2-6-17-12/h1-9H,16H2,(H,18,19)/b5-4+. The van der Waals surface area contributed by atoms with Crippen molar-refractivity contribution in [2.75, 3.05) is 11.1 Å². The summed E-state index contributed by atoms with van der Waals surface area (Å²) < 4.78 is 0. The quantitative estimate of drug-likeness (QED) is 0.667. The van der Waals surface area contributed by atoms with Crippen LogP contribution in [-0.2, 0) is 4.79 Å². The molecular weight excluding hydrogens is 262 g/mol. The normalized spacial score (nSPS) is 10.6. The molecule has 2 rings (SSSR count). The predicted molar refractivity (Wildman–Crippen MR) is 77.8 cm³/mol. The number of nitrogens with zero attached hydrogens (tertiary/aromatic N) is 1. The zero-order chi connectivity index (χ0) is 13.7. The molecule has 1 aromatic heterocycles. The van der Waals surface area contributed by atoms with Crippen LogP contribution in [0.3, 0.4) is 0 Å². The fraction of sp³-hybridized carbons (Fsp3) is 0. The van der Waals surface area contributed by atoms with E-state index in [2.05, 4.69) is 10.3 Å². The van der Waals surface area contributed by atoms with E-state index in [9.17, 15) is 4.79 Å². The number of carbonyl (C=O) groups is 1. The van der Waals surface area contributed by atoms with Crippen LogP contribution in [0.15, 0.2) is 48.7 Å². The SMILES string of the molecule is Nc1cc(Cl)cc(NC(=O)/C=C/c2ccccn2)c1. The highest BCUT2D eigenvalue weighted by Gasteiger charge is 2.00. The lowest BCUT2D eigenvalue weighted by Gasteiger charge is -2.04. The van der Waals surface area contributed by atoms with Gasteiger partial charge in [0.25, 0.3) is 0 Å². The third-order valence-corrected chi connectivity index (χ3v) is 2.50. The molecule has 4 nitrogen and oxygen atoms in total. The second-order valence-corrected chi connectivity index (χ2v) is 4.29. The van der Waals surface area contributed by atoms with E-state index < -0.39 is 0 Å². The van der Waals surface area contributed by atoms with Crippen molar-refractivity contribution in [3.05, 3.63) is 59.4 Å². The Labute approximate surface area is 115 Å². The zero-order valence-electron chi connectivity index (χ0n) is 10.0. The molecule has 2 aromatic rings. The van der Waals surface area contributed by atoms with Crippen LogP contribution in [0.2, 0.25) is 5.02 Å². The number of hydrogen-bond donors (Lipinski definition) is 2. The van der Waals surface area contributed by atoms with Crippen molar-refractivity contribution in [1.82, 2.24) is 4.98 Å². The molecule has 0 aliphatic heterocycles. The van der Waals surface area contributed by atoms with Gasteiger partial charge in [-0.25, -0.2) is 0 Å². The average molecular weight is 274 g/mol. The summed E-state index contributed by atoms with van der Waals surface area (Å²) in [4.78, 5) is 15.8. The van der Waals surface area contributed by atoms with Crippen LogP contribution in [0.5, 0.6) is 0 Å². The number of nitrogens with one attached hydrogen (secondary N) is 1. The van der Waals surface area contributed by atoms with Gasteiger partial charge in [0.15, 0.2) is 0 Å². The van der Waals surface area contributed by atoms with E-state index in [4.69, 9.17) is 17.3 Å². The number of nitrogens with two attached hydrogens (primary N) is 1. The maximum absolute atomic E-state index is 11.7. The van der Waals surface area contributed by atoms with E-state index in [1.165, 1.54) is 6.08 Å². The molecule has 0 saturated carbocycles. The number of halogens is 1. The zero-order valence-corrected chi connectivity index (χ0v) is 10.8. The highest BCUT2D eigenvalue weighted by molar-refractivity contribution is 6.31. The van der Waals surface area contributed by atoms with Gasteiger partial charge in [-0.2, -0.15) is 0 Å². The Bertz CT molecular complexity index is 591. The molecule has 0 spiro atoms. The number of amides is 1. The molecule has 1 aromatic carbocycles. The number of aromatic nitrogens is 1. The summed E-state index contributed by atoms with van der Waals surface area (Å²) >= 11 is 5.85. The molecule has 0 aliphatic rings. The Morgan fingerprint density at radius 3 is 2.84 bits per heavy atom. The highest BCUT2D eigenvalue weighted by atomic mass is 35.5. The van der Waals surface area contributed by atoms with Crippen molar-refractivity contribution in [1.29, 1.82) is 0 Å². The lowest BCUT2D eigenvalue weighted by Crippen LogP contribution is -2.08. The van der Waals surface area contributed by atoms with Gasteiger partial charge in [-0.1, -0.05) is 17.7 Å². The number of rotatable bonds is 3. The fourth-order valence-electron chi connectivity index (χ4n) is 1.50. The van der Waals surface area contributed by atoms with Crippen LogP contribution in [0, 0.1) is 0 Å². The second kappa shape index (κ2) is 6.02. The summed E-state index contributed by atoms with van der Waals surface area (Å²) in [5, 5.41) is 3.15.